The van der Waals surface area contributed by atoms with Crippen LogP contribution in [0.3, 0.4) is 0 Å². The van der Waals surface area contributed by atoms with Gasteiger partial charge < -0.3 is 14.6 Å². The van der Waals surface area contributed by atoms with Gasteiger partial charge in [0.1, 0.15) is 22.8 Å². The van der Waals surface area contributed by atoms with Crippen molar-refractivity contribution < 1.29 is 23.2 Å². The van der Waals surface area contributed by atoms with Gasteiger partial charge in [0.25, 0.3) is 5.91 Å². The van der Waals surface area contributed by atoms with E-state index >= 15 is 0 Å². The second kappa shape index (κ2) is 8.80. The van der Waals surface area contributed by atoms with E-state index in [0.717, 1.165) is 12.8 Å². The van der Waals surface area contributed by atoms with Crippen LogP contribution in [0.15, 0.2) is 22.7 Å². The van der Waals surface area contributed by atoms with Crippen LogP contribution in [0.5, 0.6) is 0 Å². The second-order valence-corrected chi connectivity index (χ2v) is 6.30. The van der Waals surface area contributed by atoms with Crippen LogP contribution in [-0.2, 0) is 9.53 Å². The lowest BCUT2D eigenvalue weighted by Crippen LogP contribution is -2.35. The third-order valence-corrected chi connectivity index (χ3v) is 4.04. The highest BCUT2D eigenvalue weighted by molar-refractivity contribution is 6.33. The predicted octanol–water partition coefficient (Wildman–Crippen LogP) is 3.90. The fraction of sp³-hybridized carbons (Fsp3) is 0.389. The van der Waals surface area contributed by atoms with E-state index in [0.29, 0.717) is 0 Å². The summed E-state index contributed by atoms with van der Waals surface area (Å²) < 4.78 is 24.2. The average Bonchev–Trinajstić information content (AvgIpc) is 2.94. The first-order chi connectivity index (χ1) is 12.3. The lowest BCUT2D eigenvalue weighted by molar-refractivity contribution is -0.124. The maximum atomic E-state index is 14.1. The Morgan fingerprint density at radius 3 is 2.81 bits per heavy atom. The van der Waals surface area contributed by atoms with Crippen LogP contribution in [0.2, 0.25) is 5.02 Å². The molecule has 0 spiro atoms. The molecule has 1 aromatic heterocycles. The van der Waals surface area contributed by atoms with E-state index in [1.165, 1.54) is 25.1 Å². The Labute approximate surface area is 155 Å². The molecule has 26 heavy (non-hydrogen) atoms. The number of halogens is 2. The molecule has 0 saturated carbocycles. The molecule has 6 nitrogen and oxygen atoms in total. The summed E-state index contributed by atoms with van der Waals surface area (Å²) in [4.78, 5) is 24.2. The van der Waals surface area contributed by atoms with Gasteiger partial charge in [-0.2, -0.15) is 0 Å². The molecule has 0 aliphatic rings. The van der Waals surface area contributed by atoms with E-state index < -0.39 is 24.3 Å². The van der Waals surface area contributed by atoms with Crippen molar-refractivity contribution in [2.75, 3.05) is 6.61 Å². The summed E-state index contributed by atoms with van der Waals surface area (Å²) in [6.45, 7) is 4.91. The van der Waals surface area contributed by atoms with Crippen LogP contribution >= 0.6 is 11.6 Å². The molecule has 2 aromatic rings. The standard InChI is InChI=1S/C18H20ClFN2O4/c1-4-6-10(2)21-14(23)9-25-18(24)15-11(3)26-22-17(15)16-12(19)7-5-8-13(16)20/h5,7-8,10H,4,6,9H2,1-3H3,(H,21,23). The number of amides is 1. The normalized spacial score (nSPS) is 11.9. The van der Waals surface area contributed by atoms with E-state index in [1.54, 1.807) is 0 Å². The highest BCUT2D eigenvalue weighted by atomic mass is 35.5. The molecule has 0 fully saturated rings. The van der Waals surface area contributed by atoms with Gasteiger partial charge in [-0.25, -0.2) is 9.18 Å². The summed E-state index contributed by atoms with van der Waals surface area (Å²) >= 11 is 6.03. The Kier molecular flexibility index (Phi) is 6.74. The SMILES string of the molecule is CCCC(C)NC(=O)COC(=O)c1c(-c2c(F)cccc2Cl)noc1C. The zero-order chi connectivity index (χ0) is 19.3. The van der Waals surface area contributed by atoms with Gasteiger partial charge in [0.15, 0.2) is 6.61 Å². The van der Waals surface area contributed by atoms with Crippen LogP contribution in [0.25, 0.3) is 11.3 Å². The lowest BCUT2D eigenvalue weighted by atomic mass is 10.1. The highest BCUT2D eigenvalue weighted by Gasteiger charge is 2.27. The number of rotatable bonds is 7. The number of ether oxygens (including phenoxy) is 1. The summed E-state index contributed by atoms with van der Waals surface area (Å²) in [5.41, 5.74) is -0.180. The minimum Gasteiger partial charge on any atom is -0.452 e. The number of carbonyl (C=O) groups is 2. The summed E-state index contributed by atoms with van der Waals surface area (Å²) in [6, 6.07) is 4.09. The Hall–Kier alpha value is -2.41. The first-order valence-electron chi connectivity index (χ1n) is 8.22. The quantitative estimate of drug-likeness (QED) is 0.734. The molecule has 1 amide bonds. The van der Waals surface area contributed by atoms with Gasteiger partial charge in [-0.05, 0) is 32.4 Å². The summed E-state index contributed by atoms with van der Waals surface area (Å²) in [5.74, 6) is -1.76. The maximum Gasteiger partial charge on any atom is 0.344 e. The molecule has 0 radical (unpaired) electrons. The molecule has 0 aliphatic heterocycles. The third-order valence-electron chi connectivity index (χ3n) is 3.73. The third kappa shape index (κ3) is 4.60. The van der Waals surface area contributed by atoms with Crippen molar-refractivity contribution in [3.05, 3.63) is 40.4 Å². The molecule has 140 valence electrons. The lowest BCUT2D eigenvalue weighted by Gasteiger charge is -2.12. The molecule has 1 N–H and O–H groups in total. The zero-order valence-electron chi connectivity index (χ0n) is 14.8. The fourth-order valence-electron chi connectivity index (χ4n) is 2.53. The number of carbonyl (C=O) groups excluding carboxylic acids is 2. The van der Waals surface area contributed by atoms with E-state index in [1.807, 2.05) is 13.8 Å². The van der Waals surface area contributed by atoms with Gasteiger partial charge in [-0.3, -0.25) is 4.79 Å². The van der Waals surface area contributed by atoms with Gasteiger partial charge in [-0.15, -0.1) is 0 Å². The van der Waals surface area contributed by atoms with Crippen LogP contribution in [-0.4, -0.2) is 29.7 Å². The molecule has 0 bridgehead atoms. The van der Waals surface area contributed by atoms with Gasteiger partial charge in [0.2, 0.25) is 0 Å². The van der Waals surface area contributed by atoms with Crippen molar-refractivity contribution >= 4 is 23.5 Å². The highest BCUT2D eigenvalue weighted by Crippen LogP contribution is 2.33. The zero-order valence-corrected chi connectivity index (χ0v) is 15.5. The smallest absolute Gasteiger partial charge is 0.344 e. The molecule has 8 heteroatoms. The molecule has 0 saturated heterocycles. The minimum atomic E-state index is -0.837. The number of aromatic nitrogens is 1. The van der Waals surface area contributed by atoms with E-state index in [9.17, 15) is 14.0 Å². The van der Waals surface area contributed by atoms with Crippen molar-refractivity contribution in [1.82, 2.24) is 10.5 Å². The van der Waals surface area contributed by atoms with Crippen molar-refractivity contribution in [2.24, 2.45) is 0 Å². The summed E-state index contributed by atoms with van der Waals surface area (Å²) in [5, 5.41) is 6.53. The van der Waals surface area contributed by atoms with Crippen LogP contribution in [0, 0.1) is 12.7 Å². The number of benzene rings is 1. The van der Waals surface area contributed by atoms with Gasteiger partial charge >= 0.3 is 5.97 Å². The van der Waals surface area contributed by atoms with E-state index in [2.05, 4.69) is 10.5 Å². The summed E-state index contributed by atoms with van der Waals surface area (Å²) in [6.07, 6.45) is 1.74. The minimum absolute atomic E-state index is 0.0173. The van der Waals surface area contributed by atoms with Crippen LogP contribution in [0.1, 0.15) is 42.8 Å². The van der Waals surface area contributed by atoms with Crippen molar-refractivity contribution in [3.63, 3.8) is 0 Å². The Bertz CT molecular complexity index is 786. The Morgan fingerprint density at radius 2 is 2.15 bits per heavy atom. The molecular weight excluding hydrogens is 363 g/mol. The fourth-order valence-corrected chi connectivity index (χ4v) is 2.78. The predicted molar refractivity (Wildman–Crippen MR) is 94.4 cm³/mol. The summed E-state index contributed by atoms with van der Waals surface area (Å²) in [7, 11) is 0. The topological polar surface area (TPSA) is 81.4 Å². The monoisotopic (exact) mass is 382 g/mol. The van der Waals surface area contributed by atoms with Crippen molar-refractivity contribution in [3.8, 4) is 11.3 Å². The van der Waals surface area contributed by atoms with Crippen LogP contribution in [0.4, 0.5) is 4.39 Å². The van der Waals surface area contributed by atoms with Gasteiger partial charge in [-0.1, -0.05) is 36.2 Å². The molecule has 1 aromatic carbocycles. The van der Waals surface area contributed by atoms with Crippen molar-refractivity contribution in [1.29, 1.82) is 0 Å². The number of hydrogen-bond acceptors (Lipinski definition) is 5. The average molecular weight is 383 g/mol. The number of nitrogens with one attached hydrogen (secondary N) is 1. The van der Waals surface area contributed by atoms with E-state index in [4.69, 9.17) is 20.9 Å². The molecule has 2 rings (SSSR count). The molecule has 0 aliphatic carbocycles. The Balaban J connectivity index is 2.16. The molecular formula is C18H20ClFN2O4. The number of esters is 1. The van der Waals surface area contributed by atoms with Gasteiger partial charge in [0, 0.05) is 6.04 Å². The Morgan fingerprint density at radius 1 is 1.42 bits per heavy atom. The van der Waals surface area contributed by atoms with Crippen molar-refractivity contribution in [2.45, 2.75) is 39.7 Å². The number of aryl methyl sites for hydroxylation is 1. The largest absolute Gasteiger partial charge is 0.452 e. The van der Waals surface area contributed by atoms with E-state index in [-0.39, 0.29) is 33.6 Å². The molecule has 1 atom stereocenters. The van der Waals surface area contributed by atoms with Gasteiger partial charge in [0.05, 0.1) is 10.6 Å². The first kappa shape index (κ1) is 19.9. The number of nitrogens with zero attached hydrogens (tertiary/aromatic N) is 1. The first-order valence-corrected chi connectivity index (χ1v) is 8.60. The molecule has 1 unspecified atom stereocenters. The maximum absolute atomic E-state index is 14.1. The second-order valence-electron chi connectivity index (χ2n) is 5.89. The van der Waals surface area contributed by atoms with Crippen LogP contribution < -0.4 is 5.32 Å². The number of hydrogen-bond donors (Lipinski definition) is 1. The molecule has 1 heterocycles.